The molecule has 0 aromatic carbocycles. The molecule has 0 atom stereocenters. The van der Waals surface area contributed by atoms with Gasteiger partial charge in [0, 0.05) is 16.2 Å². The molecule has 76 valence electrons. The zero-order valence-corrected chi connectivity index (χ0v) is 10.2. The monoisotopic (exact) mass is 254 g/mol. The first-order valence-corrected chi connectivity index (χ1v) is 5.79. The number of nitrogens with zero attached hydrogens (tertiary/aromatic N) is 1. The van der Waals surface area contributed by atoms with Gasteiger partial charge >= 0.3 is 0 Å². The van der Waals surface area contributed by atoms with Gasteiger partial charge in [0.15, 0.2) is 0 Å². The third-order valence-electron chi connectivity index (χ3n) is 2.93. The van der Waals surface area contributed by atoms with Gasteiger partial charge in [-0.2, -0.15) is 0 Å². The molecule has 0 unspecified atom stereocenters. The summed E-state index contributed by atoms with van der Waals surface area (Å²) in [5.74, 6) is 0.993. The van der Waals surface area contributed by atoms with Crippen LogP contribution in [0.15, 0.2) is 16.7 Å². The summed E-state index contributed by atoms with van der Waals surface area (Å²) in [6.45, 7) is 4.34. The summed E-state index contributed by atoms with van der Waals surface area (Å²) in [6.07, 6.45) is 5.70. The van der Waals surface area contributed by atoms with Gasteiger partial charge in [0.1, 0.15) is 5.82 Å². The highest BCUT2D eigenvalue weighted by molar-refractivity contribution is 9.10. The molecule has 3 heteroatoms. The van der Waals surface area contributed by atoms with Gasteiger partial charge in [-0.05, 0) is 60.7 Å². The molecule has 2 nitrogen and oxygen atoms in total. The van der Waals surface area contributed by atoms with Crippen LogP contribution in [0.5, 0.6) is 0 Å². The standard InChI is InChI=1S/C11H15BrN2/c1-8-6-10(13-7-9(8)12)14-11(2)4-3-5-11/h6-7H,3-5H2,1-2H3,(H,13,14). The van der Waals surface area contributed by atoms with Crippen LogP contribution in [0.1, 0.15) is 31.7 Å². The van der Waals surface area contributed by atoms with Crippen LogP contribution in [0.3, 0.4) is 0 Å². The molecule has 0 amide bonds. The Kier molecular flexibility index (Phi) is 2.52. The van der Waals surface area contributed by atoms with Crippen molar-refractivity contribution in [2.45, 2.75) is 38.6 Å². The normalized spacial score (nSPS) is 18.8. The van der Waals surface area contributed by atoms with Crippen LogP contribution in [0.4, 0.5) is 5.82 Å². The summed E-state index contributed by atoms with van der Waals surface area (Å²) in [4.78, 5) is 4.35. The molecular formula is C11H15BrN2. The molecule has 0 aliphatic heterocycles. The first kappa shape index (κ1) is 9.97. The summed E-state index contributed by atoms with van der Waals surface area (Å²) in [5, 5.41) is 3.49. The number of anilines is 1. The van der Waals surface area contributed by atoms with E-state index in [1.165, 1.54) is 24.8 Å². The first-order valence-electron chi connectivity index (χ1n) is 4.99. The van der Waals surface area contributed by atoms with Gasteiger partial charge in [-0.15, -0.1) is 0 Å². The summed E-state index contributed by atoms with van der Waals surface area (Å²) in [7, 11) is 0. The third kappa shape index (κ3) is 1.92. The molecule has 14 heavy (non-hydrogen) atoms. The lowest BCUT2D eigenvalue weighted by Crippen LogP contribution is -2.41. The number of aromatic nitrogens is 1. The quantitative estimate of drug-likeness (QED) is 0.874. The molecule has 0 spiro atoms. The number of aryl methyl sites for hydroxylation is 1. The van der Waals surface area contributed by atoms with E-state index in [0.29, 0.717) is 0 Å². The summed E-state index contributed by atoms with van der Waals surface area (Å²) >= 11 is 3.45. The van der Waals surface area contributed by atoms with E-state index in [9.17, 15) is 0 Å². The molecule has 1 saturated carbocycles. The lowest BCUT2D eigenvalue weighted by atomic mass is 9.78. The van der Waals surface area contributed by atoms with E-state index in [0.717, 1.165) is 10.3 Å². The highest BCUT2D eigenvalue weighted by atomic mass is 79.9. The molecule has 1 aromatic rings. The molecule has 1 heterocycles. The highest BCUT2D eigenvalue weighted by Crippen LogP contribution is 2.34. The van der Waals surface area contributed by atoms with E-state index in [-0.39, 0.29) is 5.54 Å². The summed E-state index contributed by atoms with van der Waals surface area (Å²) < 4.78 is 1.07. The topological polar surface area (TPSA) is 24.9 Å². The van der Waals surface area contributed by atoms with Crippen molar-refractivity contribution in [2.24, 2.45) is 0 Å². The second-order valence-corrected chi connectivity index (χ2v) is 5.21. The minimum atomic E-state index is 0.285. The van der Waals surface area contributed by atoms with Crippen LogP contribution in [0.25, 0.3) is 0 Å². The average molecular weight is 255 g/mol. The van der Waals surface area contributed by atoms with Crippen LogP contribution in [0, 0.1) is 6.92 Å². The summed E-state index contributed by atoms with van der Waals surface area (Å²) in [5.41, 5.74) is 1.51. The fourth-order valence-corrected chi connectivity index (χ4v) is 1.97. The predicted molar refractivity (Wildman–Crippen MR) is 62.6 cm³/mol. The number of rotatable bonds is 2. The molecule has 1 aliphatic rings. The maximum atomic E-state index is 4.35. The molecule has 1 N–H and O–H groups in total. The summed E-state index contributed by atoms with van der Waals surface area (Å²) in [6, 6.07) is 2.09. The third-order valence-corrected chi connectivity index (χ3v) is 3.76. The minimum absolute atomic E-state index is 0.285. The maximum absolute atomic E-state index is 4.35. The van der Waals surface area contributed by atoms with Gasteiger partial charge < -0.3 is 5.32 Å². The van der Waals surface area contributed by atoms with Crippen LogP contribution in [-0.2, 0) is 0 Å². The van der Waals surface area contributed by atoms with E-state index in [1.54, 1.807) is 0 Å². The van der Waals surface area contributed by atoms with Gasteiger partial charge in [0.05, 0.1) is 0 Å². The van der Waals surface area contributed by atoms with Crippen molar-refractivity contribution in [3.8, 4) is 0 Å². The smallest absolute Gasteiger partial charge is 0.126 e. The largest absolute Gasteiger partial charge is 0.365 e. The number of pyridine rings is 1. The average Bonchev–Trinajstić information content (AvgIpc) is 2.09. The number of hydrogen-bond acceptors (Lipinski definition) is 2. The van der Waals surface area contributed by atoms with Crippen molar-refractivity contribution in [2.75, 3.05) is 5.32 Å². The van der Waals surface area contributed by atoms with Crippen LogP contribution < -0.4 is 5.32 Å². The Morgan fingerprint density at radius 1 is 1.50 bits per heavy atom. The fourth-order valence-electron chi connectivity index (χ4n) is 1.75. The zero-order chi connectivity index (χ0) is 10.2. The second kappa shape index (κ2) is 3.54. The van der Waals surface area contributed by atoms with Crippen molar-refractivity contribution in [3.63, 3.8) is 0 Å². The second-order valence-electron chi connectivity index (χ2n) is 4.36. The SMILES string of the molecule is Cc1cc(NC2(C)CCC2)ncc1Br. The van der Waals surface area contributed by atoms with E-state index < -0.39 is 0 Å². The van der Waals surface area contributed by atoms with E-state index in [1.807, 2.05) is 6.20 Å². The fraction of sp³-hybridized carbons (Fsp3) is 0.545. The Balaban J connectivity index is 2.13. The van der Waals surface area contributed by atoms with Crippen molar-refractivity contribution in [3.05, 3.63) is 22.3 Å². The Bertz CT molecular complexity index is 345. The maximum Gasteiger partial charge on any atom is 0.126 e. The van der Waals surface area contributed by atoms with Gasteiger partial charge in [0.2, 0.25) is 0 Å². The van der Waals surface area contributed by atoms with Gasteiger partial charge in [-0.1, -0.05) is 0 Å². The van der Waals surface area contributed by atoms with Crippen molar-refractivity contribution in [1.82, 2.24) is 4.98 Å². The van der Waals surface area contributed by atoms with E-state index in [4.69, 9.17) is 0 Å². The van der Waals surface area contributed by atoms with Gasteiger partial charge in [-0.3, -0.25) is 0 Å². The molecule has 0 radical (unpaired) electrons. The van der Waals surface area contributed by atoms with Crippen LogP contribution in [0.2, 0.25) is 0 Å². The highest BCUT2D eigenvalue weighted by Gasteiger charge is 2.31. The van der Waals surface area contributed by atoms with E-state index >= 15 is 0 Å². The molecule has 1 aromatic heterocycles. The van der Waals surface area contributed by atoms with Crippen molar-refractivity contribution in [1.29, 1.82) is 0 Å². The molecule has 1 aliphatic carbocycles. The number of nitrogens with one attached hydrogen (secondary N) is 1. The predicted octanol–water partition coefficient (Wildman–Crippen LogP) is 3.51. The van der Waals surface area contributed by atoms with Crippen molar-refractivity contribution < 1.29 is 0 Å². The number of hydrogen-bond donors (Lipinski definition) is 1. The molecule has 0 bridgehead atoms. The Morgan fingerprint density at radius 3 is 2.71 bits per heavy atom. The zero-order valence-electron chi connectivity index (χ0n) is 8.60. The first-order chi connectivity index (χ1) is 6.59. The van der Waals surface area contributed by atoms with Gasteiger partial charge in [0.25, 0.3) is 0 Å². The molecule has 0 saturated heterocycles. The Morgan fingerprint density at radius 2 is 2.21 bits per heavy atom. The van der Waals surface area contributed by atoms with E-state index in [2.05, 4.69) is 46.1 Å². The Hall–Kier alpha value is -0.570. The van der Waals surface area contributed by atoms with Gasteiger partial charge in [-0.25, -0.2) is 4.98 Å². The lowest BCUT2D eigenvalue weighted by Gasteiger charge is -2.39. The Labute approximate surface area is 93.3 Å². The van der Waals surface area contributed by atoms with Crippen LogP contribution >= 0.6 is 15.9 Å². The molecular weight excluding hydrogens is 240 g/mol. The number of halogens is 1. The van der Waals surface area contributed by atoms with Crippen molar-refractivity contribution >= 4 is 21.7 Å². The molecule has 2 rings (SSSR count). The van der Waals surface area contributed by atoms with Crippen LogP contribution in [-0.4, -0.2) is 10.5 Å². The lowest BCUT2D eigenvalue weighted by molar-refractivity contribution is 0.306. The minimum Gasteiger partial charge on any atom is -0.365 e. The molecule has 1 fully saturated rings.